The van der Waals surface area contributed by atoms with Gasteiger partial charge in [-0.25, -0.2) is 4.79 Å². The first-order chi connectivity index (χ1) is 12.2. The molecule has 0 saturated carbocycles. The summed E-state index contributed by atoms with van der Waals surface area (Å²) in [6.45, 7) is 38.5. The molecule has 0 bridgehead atoms. The Hall–Kier alpha value is -0.670. The molecule has 0 rings (SSSR count). The molecular weight excluding hydrogens is 394 g/mol. The molecule has 1 N–H and O–H groups in total. The van der Waals surface area contributed by atoms with Crippen molar-refractivity contribution in [3.63, 3.8) is 0 Å². The maximum atomic E-state index is 12.5. The summed E-state index contributed by atoms with van der Waals surface area (Å²) in [5.41, 5.74) is 0.485. The van der Waals surface area contributed by atoms with Gasteiger partial charge in [-0.1, -0.05) is 139 Å². The van der Waals surface area contributed by atoms with E-state index in [1.807, 2.05) is 0 Å². The number of alkyl halides is 2. The fourth-order valence-electron chi connectivity index (χ4n) is 0.321. The van der Waals surface area contributed by atoms with Crippen molar-refractivity contribution in [3.8, 4) is 0 Å². The number of rotatable bonds is 1. The minimum atomic E-state index is -3.65. The van der Waals surface area contributed by atoms with Crippen LogP contribution in [0.1, 0.15) is 139 Å². The summed E-state index contributed by atoms with van der Waals surface area (Å²) in [5.74, 6) is -5.72. The van der Waals surface area contributed by atoms with Crippen molar-refractivity contribution in [1.29, 1.82) is 0 Å². The molecule has 0 aliphatic rings. The minimum Gasteiger partial charge on any atom is -0.477 e. The van der Waals surface area contributed by atoms with Gasteiger partial charge in [-0.3, -0.25) is 0 Å². The summed E-state index contributed by atoms with van der Waals surface area (Å²) in [7, 11) is 0. The topological polar surface area (TPSA) is 37.3 Å². The number of carbonyl (C=O) groups is 1. The van der Waals surface area contributed by atoms with Gasteiger partial charge in [-0.15, -0.1) is 0 Å². The zero-order valence-corrected chi connectivity index (χ0v) is 24.1. The van der Waals surface area contributed by atoms with Crippen LogP contribution in [0.5, 0.6) is 0 Å². The van der Waals surface area contributed by atoms with E-state index < -0.39 is 17.3 Å². The number of carboxylic acid groups (broad SMARTS) is 1. The number of halogens is 2. The fourth-order valence-corrected chi connectivity index (χ4v) is 0.321. The second kappa shape index (κ2) is 16.0. The summed E-state index contributed by atoms with van der Waals surface area (Å²) in [4.78, 5) is 9.92. The maximum absolute atomic E-state index is 12.5. The molecule has 2 nitrogen and oxygen atoms in total. The van der Waals surface area contributed by atoms with Gasteiger partial charge in [0.15, 0.2) is 0 Å². The highest BCUT2D eigenvalue weighted by molar-refractivity contribution is 5.76. The molecule has 0 aliphatic heterocycles. The van der Waals surface area contributed by atoms with Crippen LogP contribution in [0.15, 0.2) is 0 Å². The number of hydrogen-bond donors (Lipinski definition) is 1. The van der Waals surface area contributed by atoms with E-state index in [9.17, 15) is 13.6 Å². The summed E-state index contributed by atoms with van der Waals surface area (Å²) in [6, 6.07) is 0. The van der Waals surface area contributed by atoms with Gasteiger partial charge in [0, 0.05) is 5.41 Å². The first-order valence-electron chi connectivity index (χ1n) is 10.8. The van der Waals surface area contributed by atoms with Crippen LogP contribution >= 0.6 is 0 Å². The second-order valence-electron chi connectivity index (χ2n) is 15.1. The van der Waals surface area contributed by atoms with E-state index in [0.717, 1.165) is 0 Å². The van der Waals surface area contributed by atoms with Gasteiger partial charge < -0.3 is 5.11 Å². The van der Waals surface area contributed by atoms with Crippen LogP contribution in [-0.4, -0.2) is 17.0 Å². The maximum Gasteiger partial charge on any atom is 0.375 e. The van der Waals surface area contributed by atoms with Gasteiger partial charge in [-0.2, -0.15) is 8.78 Å². The first kappa shape index (κ1) is 44.1. The smallest absolute Gasteiger partial charge is 0.375 e. The summed E-state index contributed by atoms with van der Waals surface area (Å²) in [6.07, 6.45) is 0. The molecular formula is C27H62F2O2. The predicted molar refractivity (Wildman–Crippen MR) is 139 cm³/mol. The van der Waals surface area contributed by atoms with Crippen LogP contribution in [0, 0.1) is 27.1 Å². The van der Waals surface area contributed by atoms with Crippen molar-refractivity contribution < 1.29 is 18.7 Å². The van der Waals surface area contributed by atoms with Crippen molar-refractivity contribution in [2.75, 3.05) is 0 Å². The highest BCUT2D eigenvalue weighted by Gasteiger charge is 2.50. The van der Waals surface area contributed by atoms with E-state index in [4.69, 9.17) is 5.11 Å². The number of aliphatic carboxylic acids is 1. The molecule has 0 fully saturated rings. The third-order valence-electron chi connectivity index (χ3n) is 1.21. The zero-order chi connectivity index (χ0) is 26.6. The molecule has 0 aromatic rings. The molecule has 196 valence electrons. The lowest BCUT2D eigenvalue weighted by molar-refractivity contribution is -0.181. The average Bonchev–Trinajstić information content (AvgIpc) is 2.16. The Bertz CT molecular complexity index is 347. The lowest BCUT2D eigenvalue weighted by atomic mass is 9.88. The van der Waals surface area contributed by atoms with Crippen LogP contribution in [0.3, 0.4) is 0 Å². The Balaban J connectivity index is -0.0000000652. The monoisotopic (exact) mass is 456 g/mol. The summed E-state index contributed by atoms with van der Waals surface area (Å²) < 4.78 is 24.9. The van der Waals surface area contributed by atoms with E-state index in [1.165, 1.54) is 20.8 Å². The molecule has 0 heterocycles. The van der Waals surface area contributed by atoms with Gasteiger partial charge in [0.25, 0.3) is 0 Å². The zero-order valence-electron chi connectivity index (χ0n) is 24.1. The molecule has 0 atom stereocenters. The lowest BCUT2D eigenvalue weighted by Crippen LogP contribution is -2.41. The summed E-state index contributed by atoms with van der Waals surface area (Å²) in [5, 5.41) is 8.03. The van der Waals surface area contributed by atoms with Gasteiger partial charge in [0.1, 0.15) is 0 Å². The van der Waals surface area contributed by atoms with Gasteiger partial charge >= 0.3 is 11.9 Å². The van der Waals surface area contributed by atoms with Gasteiger partial charge in [0.2, 0.25) is 0 Å². The van der Waals surface area contributed by atoms with Gasteiger partial charge in [0.05, 0.1) is 0 Å². The van der Waals surface area contributed by atoms with Crippen LogP contribution in [0.2, 0.25) is 0 Å². The normalized spacial score (nSPS) is 12.0. The third-order valence-corrected chi connectivity index (χ3v) is 1.21. The molecule has 0 unspecified atom stereocenters. The largest absolute Gasteiger partial charge is 0.477 e. The van der Waals surface area contributed by atoms with E-state index in [1.54, 1.807) is 0 Å². The Morgan fingerprint density at radius 2 is 0.581 bits per heavy atom. The van der Waals surface area contributed by atoms with Crippen LogP contribution in [0.25, 0.3) is 0 Å². The molecule has 31 heavy (non-hydrogen) atoms. The molecule has 0 aromatic carbocycles. The molecule has 4 heteroatoms. The predicted octanol–water partition coefficient (Wildman–Crippen LogP) is 10.6. The minimum absolute atomic E-state index is 0. The SMILES string of the molecule is C.CC(C)(C)C.CC(C)(C)C.CC(C)(C)C.CC(C)(C)C.CC(C)(C)C(F)(F)C(=O)O. The molecule has 0 aromatic heterocycles. The van der Waals surface area contributed by atoms with Crippen LogP contribution < -0.4 is 0 Å². The molecule has 0 spiro atoms. The highest BCUT2D eigenvalue weighted by atomic mass is 19.3. The van der Waals surface area contributed by atoms with Crippen LogP contribution in [0.4, 0.5) is 8.78 Å². The Morgan fingerprint density at radius 3 is 0.581 bits per heavy atom. The van der Waals surface area contributed by atoms with Crippen molar-refractivity contribution in [2.24, 2.45) is 27.1 Å². The van der Waals surface area contributed by atoms with Crippen molar-refractivity contribution in [1.82, 2.24) is 0 Å². The Labute approximate surface area is 197 Å². The van der Waals surface area contributed by atoms with Crippen molar-refractivity contribution >= 4 is 5.97 Å². The van der Waals surface area contributed by atoms with E-state index in [2.05, 4.69) is 111 Å². The van der Waals surface area contributed by atoms with E-state index >= 15 is 0 Å². The second-order valence-corrected chi connectivity index (χ2v) is 15.1. The molecule has 0 aliphatic carbocycles. The highest BCUT2D eigenvalue weighted by Crippen LogP contribution is 2.35. The van der Waals surface area contributed by atoms with Gasteiger partial charge in [-0.05, 0) is 21.7 Å². The summed E-state index contributed by atoms with van der Waals surface area (Å²) >= 11 is 0. The van der Waals surface area contributed by atoms with E-state index in [0.29, 0.717) is 21.7 Å². The third kappa shape index (κ3) is 107. The first-order valence-corrected chi connectivity index (χ1v) is 10.8. The molecule has 0 saturated heterocycles. The Morgan fingerprint density at radius 1 is 0.484 bits per heavy atom. The standard InChI is InChI=1S/C6H10F2O2.4C5H12.CH4/c1-5(2,3)6(7,8)4(9)10;4*1-5(2,3)4;/h1-3H3,(H,9,10);4*1-4H3;1H4. The fraction of sp³-hybridized carbons (Fsp3) is 0.963. The number of carboxylic acids is 1. The average molecular weight is 457 g/mol. The number of hydrogen-bond acceptors (Lipinski definition) is 1. The Kier molecular flexibility index (Phi) is 22.8. The van der Waals surface area contributed by atoms with Crippen LogP contribution in [-0.2, 0) is 4.79 Å². The van der Waals surface area contributed by atoms with Crippen molar-refractivity contribution in [2.45, 2.75) is 145 Å². The quantitative estimate of drug-likeness (QED) is 0.426. The molecule has 0 radical (unpaired) electrons. The lowest BCUT2D eigenvalue weighted by Gasteiger charge is -2.25. The molecule has 0 amide bonds. The van der Waals surface area contributed by atoms with Crippen molar-refractivity contribution in [3.05, 3.63) is 0 Å². The van der Waals surface area contributed by atoms with E-state index in [-0.39, 0.29) is 7.43 Å².